The Morgan fingerprint density at radius 1 is 1.42 bits per heavy atom. The molecule has 0 saturated carbocycles. The number of aromatic amines is 1. The van der Waals surface area contributed by atoms with Crippen molar-refractivity contribution >= 4 is 11.7 Å². The first-order valence-corrected chi connectivity index (χ1v) is 6.66. The van der Waals surface area contributed by atoms with Gasteiger partial charge in [0.05, 0.1) is 25.5 Å². The molecule has 5 nitrogen and oxygen atoms in total. The highest BCUT2D eigenvalue weighted by Crippen LogP contribution is 2.24. The van der Waals surface area contributed by atoms with Crippen molar-refractivity contribution in [2.75, 3.05) is 37.8 Å². The van der Waals surface area contributed by atoms with Crippen LogP contribution in [0.15, 0.2) is 6.07 Å². The lowest BCUT2D eigenvalue weighted by atomic mass is 10.1. The third-order valence-electron chi connectivity index (χ3n) is 3.20. The summed E-state index contributed by atoms with van der Waals surface area (Å²) in [6.45, 7) is 9.09. The van der Waals surface area contributed by atoms with Gasteiger partial charge in [-0.1, -0.05) is 0 Å². The molecule has 1 aliphatic heterocycles. The molecule has 0 unspecified atom stereocenters. The molecular formula is C14H21N2O3+. The Bertz CT molecular complexity index is 468. The van der Waals surface area contributed by atoms with Crippen molar-refractivity contribution in [3.8, 4) is 0 Å². The number of aryl methyl sites for hydroxylation is 2. The summed E-state index contributed by atoms with van der Waals surface area (Å²) >= 11 is 0. The second kappa shape index (κ2) is 6.02. The molecule has 19 heavy (non-hydrogen) atoms. The summed E-state index contributed by atoms with van der Waals surface area (Å²) in [5.41, 5.74) is 3.46. The monoisotopic (exact) mass is 265 g/mol. The van der Waals surface area contributed by atoms with Gasteiger partial charge in [0.2, 0.25) is 0 Å². The highest BCUT2D eigenvalue weighted by atomic mass is 16.5. The molecule has 2 rings (SSSR count). The van der Waals surface area contributed by atoms with Crippen LogP contribution >= 0.6 is 0 Å². The summed E-state index contributed by atoms with van der Waals surface area (Å²) in [4.78, 5) is 17.5. The van der Waals surface area contributed by atoms with Crippen LogP contribution in [0.2, 0.25) is 0 Å². The van der Waals surface area contributed by atoms with Crippen LogP contribution in [-0.4, -0.2) is 38.9 Å². The van der Waals surface area contributed by atoms with Crippen LogP contribution in [0, 0.1) is 13.8 Å². The largest absolute Gasteiger partial charge is 0.462 e. The molecule has 0 atom stereocenters. The van der Waals surface area contributed by atoms with Gasteiger partial charge in [0.25, 0.3) is 0 Å². The van der Waals surface area contributed by atoms with E-state index in [1.807, 2.05) is 26.8 Å². The molecule has 1 aromatic heterocycles. The number of esters is 1. The summed E-state index contributed by atoms with van der Waals surface area (Å²) in [6, 6.07) is 2.00. The zero-order valence-corrected chi connectivity index (χ0v) is 11.8. The summed E-state index contributed by atoms with van der Waals surface area (Å²) < 4.78 is 10.5. The maximum atomic E-state index is 12.1. The van der Waals surface area contributed by atoms with Crippen LogP contribution in [0.5, 0.6) is 0 Å². The molecule has 104 valence electrons. The van der Waals surface area contributed by atoms with Gasteiger partial charge in [0.1, 0.15) is 5.56 Å². The number of carbonyl (C=O) groups excluding carboxylic acids is 1. The predicted octanol–water partition coefficient (Wildman–Crippen LogP) is 1.13. The smallest absolute Gasteiger partial charge is 0.346 e. The van der Waals surface area contributed by atoms with Crippen LogP contribution in [-0.2, 0) is 9.47 Å². The van der Waals surface area contributed by atoms with Gasteiger partial charge < -0.3 is 14.4 Å². The Morgan fingerprint density at radius 2 is 2.11 bits per heavy atom. The Hall–Kier alpha value is -1.62. The average Bonchev–Trinajstić information content (AvgIpc) is 2.39. The number of carbonyl (C=O) groups is 1. The highest BCUT2D eigenvalue weighted by molar-refractivity contribution is 5.96. The minimum Gasteiger partial charge on any atom is -0.462 e. The Labute approximate surface area is 113 Å². The maximum Gasteiger partial charge on any atom is 0.346 e. The summed E-state index contributed by atoms with van der Waals surface area (Å²) in [6.07, 6.45) is 0. The van der Waals surface area contributed by atoms with Crippen LogP contribution in [0.1, 0.15) is 28.7 Å². The fourth-order valence-electron chi connectivity index (χ4n) is 2.38. The van der Waals surface area contributed by atoms with Crippen molar-refractivity contribution in [3.63, 3.8) is 0 Å². The number of hydrogen-bond donors (Lipinski definition) is 0. The number of pyridine rings is 1. The lowest BCUT2D eigenvalue weighted by Crippen LogP contribution is -2.38. The molecule has 1 N–H and O–H groups in total. The van der Waals surface area contributed by atoms with E-state index in [-0.39, 0.29) is 5.97 Å². The number of anilines is 1. The standard InChI is InChI=1S/C14H20N2O3/c1-4-19-14(17)13-11(3)15-10(2)9-12(13)16-5-7-18-8-6-16/h9H,4-8H2,1-3H3/p+1. The van der Waals surface area contributed by atoms with Crippen molar-refractivity contribution in [1.82, 2.24) is 0 Å². The van der Waals surface area contributed by atoms with E-state index in [9.17, 15) is 4.79 Å². The highest BCUT2D eigenvalue weighted by Gasteiger charge is 2.26. The molecular weight excluding hydrogens is 244 g/mol. The number of ether oxygens (including phenoxy) is 2. The van der Waals surface area contributed by atoms with Crippen molar-refractivity contribution in [2.24, 2.45) is 0 Å². The lowest BCUT2D eigenvalue weighted by molar-refractivity contribution is -0.397. The SMILES string of the molecule is CCOC(=O)c1c(N2CCOCC2)cc(C)[nH+]c1C. The van der Waals surface area contributed by atoms with E-state index < -0.39 is 0 Å². The number of nitrogens with one attached hydrogen (secondary N) is 1. The molecule has 0 spiro atoms. The Morgan fingerprint density at radius 3 is 2.74 bits per heavy atom. The third kappa shape index (κ3) is 3.04. The number of aromatic nitrogens is 1. The van der Waals surface area contributed by atoms with Gasteiger partial charge in [-0.05, 0) is 6.92 Å². The number of rotatable bonds is 3. The van der Waals surface area contributed by atoms with Gasteiger partial charge in [0, 0.05) is 33.0 Å². The molecule has 2 heterocycles. The number of morpholine rings is 1. The fraction of sp³-hybridized carbons (Fsp3) is 0.571. The van der Waals surface area contributed by atoms with Gasteiger partial charge in [0.15, 0.2) is 11.4 Å². The van der Waals surface area contributed by atoms with Crippen molar-refractivity contribution in [3.05, 3.63) is 23.0 Å². The van der Waals surface area contributed by atoms with Gasteiger partial charge in [-0.2, -0.15) is 0 Å². The Kier molecular flexibility index (Phi) is 4.37. The molecule has 1 fully saturated rings. The third-order valence-corrected chi connectivity index (χ3v) is 3.20. The first-order valence-electron chi connectivity index (χ1n) is 6.66. The van der Waals surface area contributed by atoms with Crippen LogP contribution in [0.3, 0.4) is 0 Å². The molecule has 1 saturated heterocycles. The molecule has 1 aromatic rings. The lowest BCUT2D eigenvalue weighted by Gasteiger charge is -2.29. The average molecular weight is 265 g/mol. The summed E-state index contributed by atoms with van der Waals surface area (Å²) in [5, 5.41) is 0. The van der Waals surface area contributed by atoms with Gasteiger partial charge in [-0.25, -0.2) is 9.78 Å². The van der Waals surface area contributed by atoms with Crippen molar-refractivity contribution < 1.29 is 19.3 Å². The van der Waals surface area contributed by atoms with Gasteiger partial charge >= 0.3 is 5.97 Å². The molecule has 0 aromatic carbocycles. The second-order valence-electron chi connectivity index (χ2n) is 4.66. The van der Waals surface area contributed by atoms with Crippen molar-refractivity contribution in [1.29, 1.82) is 0 Å². The van der Waals surface area contributed by atoms with Crippen LogP contribution < -0.4 is 9.88 Å². The van der Waals surface area contributed by atoms with E-state index in [1.54, 1.807) is 0 Å². The fourth-order valence-corrected chi connectivity index (χ4v) is 2.38. The van der Waals surface area contributed by atoms with Crippen LogP contribution in [0.25, 0.3) is 0 Å². The molecule has 0 aliphatic carbocycles. The van der Waals surface area contributed by atoms with Gasteiger partial charge in [-0.15, -0.1) is 0 Å². The molecule has 0 radical (unpaired) electrons. The Balaban J connectivity index is 2.41. The van der Waals surface area contributed by atoms with E-state index in [1.165, 1.54) is 0 Å². The zero-order valence-electron chi connectivity index (χ0n) is 11.8. The summed E-state index contributed by atoms with van der Waals surface area (Å²) in [5.74, 6) is -0.266. The van der Waals surface area contributed by atoms with E-state index >= 15 is 0 Å². The molecule has 0 bridgehead atoms. The van der Waals surface area contributed by atoms with Crippen molar-refractivity contribution in [2.45, 2.75) is 20.8 Å². The first-order chi connectivity index (χ1) is 9.13. The molecule has 1 aliphatic rings. The van der Waals surface area contributed by atoms with E-state index in [2.05, 4.69) is 9.88 Å². The topological polar surface area (TPSA) is 52.9 Å². The minimum absolute atomic E-state index is 0.266. The number of nitrogens with zero attached hydrogens (tertiary/aromatic N) is 1. The quantitative estimate of drug-likeness (QED) is 0.769. The predicted molar refractivity (Wildman–Crippen MR) is 71.5 cm³/mol. The number of hydrogen-bond acceptors (Lipinski definition) is 4. The van der Waals surface area contributed by atoms with Crippen LogP contribution in [0.4, 0.5) is 5.69 Å². The van der Waals surface area contributed by atoms with E-state index in [0.717, 1.165) is 30.2 Å². The minimum atomic E-state index is -0.266. The first kappa shape index (κ1) is 13.8. The van der Waals surface area contributed by atoms with E-state index in [4.69, 9.17) is 9.47 Å². The summed E-state index contributed by atoms with van der Waals surface area (Å²) in [7, 11) is 0. The molecule has 0 amide bonds. The zero-order chi connectivity index (χ0) is 13.8. The normalized spacial score (nSPS) is 15.4. The second-order valence-corrected chi connectivity index (χ2v) is 4.66. The molecule has 5 heteroatoms. The maximum absolute atomic E-state index is 12.1. The van der Waals surface area contributed by atoms with E-state index in [0.29, 0.717) is 25.4 Å². The number of H-pyrrole nitrogens is 1. The van der Waals surface area contributed by atoms with Gasteiger partial charge in [-0.3, -0.25) is 0 Å².